The fraction of sp³-hybridized carbons (Fsp3) is 0.412. The number of nitrogens with zero attached hydrogens (tertiary/aromatic N) is 2. The number of carbonyl (C=O) groups is 2. The summed E-state index contributed by atoms with van der Waals surface area (Å²) in [5, 5.41) is 10.6. The molecule has 1 aromatic carbocycles. The lowest BCUT2D eigenvalue weighted by Gasteiger charge is -2.20. The second kappa shape index (κ2) is 10.9. The summed E-state index contributed by atoms with van der Waals surface area (Å²) in [6.45, 7) is 2.94. The standard InChI is InChI=1S/C17H22N2O6/c1-3-25-17(21)10-11-18(12-13-24-2)16(20)9-6-14-4-7-15(8-5-14)19(22)23/h4-9H,3,10-13H2,1-2H3/b9-6+. The van der Waals surface area contributed by atoms with Gasteiger partial charge >= 0.3 is 5.97 Å². The number of methoxy groups -OCH3 is 1. The third-order valence-electron chi connectivity index (χ3n) is 3.29. The zero-order chi connectivity index (χ0) is 18.7. The van der Waals surface area contributed by atoms with Gasteiger partial charge in [0.15, 0.2) is 0 Å². The molecule has 0 radical (unpaired) electrons. The minimum Gasteiger partial charge on any atom is -0.466 e. The predicted molar refractivity (Wildman–Crippen MR) is 91.8 cm³/mol. The maximum atomic E-state index is 12.3. The van der Waals surface area contributed by atoms with Gasteiger partial charge in [0.1, 0.15) is 0 Å². The van der Waals surface area contributed by atoms with Crippen molar-refractivity contribution >= 4 is 23.6 Å². The van der Waals surface area contributed by atoms with E-state index in [1.165, 1.54) is 30.2 Å². The third-order valence-corrected chi connectivity index (χ3v) is 3.29. The Morgan fingerprint density at radius 3 is 2.48 bits per heavy atom. The van der Waals surface area contributed by atoms with Crippen molar-refractivity contribution in [1.29, 1.82) is 0 Å². The highest BCUT2D eigenvalue weighted by Crippen LogP contribution is 2.13. The van der Waals surface area contributed by atoms with Crippen LogP contribution in [0.1, 0.15) is 18.9 Å². The molecule has 0 aliphatic heterocycles. The van der Waals surface area contributed by atoms with Gasteiger partial charge in [-0.15, -0.1) is 0 Å². The molecule has 136 valence electrons. The molecule has 0 aromatic heterocycles. The van der Waals surface area contributed by atoms with Crippen LogP contribution in [0, 0.1) is 10.1 Å². The Bertz CT molecular complexity index is 612. The highest BCUT2D eigenvalue weighted by Gasteiger charge is 2.13. The summed E-state index contributed by atoms with van der Waals surface area (Å²) in [4.78, 5) is 35.4. The van der Waals surface area contributed by atoms with Gasteiger partial charge in [-0.2, -0.15) is 0 Å². The molecule has 0 bridgehead atoms. The molecule has 0 aliphatic rings. The topological polar surface area (TPSA) is 99.0 Å². The Hall–Kier alpha value is -2.74. The van der Waals surface area contributed by atoms with Crippen molar-refractivity contribution in [2.75, 3.05) is 33.4 Å². The van der Waals surface area contributed by atoms with Crippen LogP contribution in [0.15, 0.2) is 30.3 Å². The fourth-order valence-electron chi connectivity index (χ4n) is 1.97. The van der Waals surface area contributed by atoms with Gasteiger partial charge in [-0.25, -0.2) is 0 Å². The number of non-ortho nitro benzene ring substituents is 1. The Morgan fingerprint density at radius 2 is 1.92 bits per heavy atom. The van der Waals surface area contributed by atoms with E-state index in [4.69, 9.17) is 9.47 Å². The zero-order valence-electron chi connectivity index (χ0n) is 14.3. The number of hydrogen-bond acceptors (Lipinski definition) is 6. The number of ether oxygens (including phenoxy) is 2. The normalized spacial score (nSPS) is 10.6. The monoisotopic (exact) mass is 350 g/mol. The van der Waals surface area contributed by atoms with Gasteiger partial charge in [-0.3, -0.25) is 19.7 Å². The van der Waals surface area contributed by atoms with Crippen LogP contribution in [0.4, 0.5) is 5.69 Å². The zero-order valence-corrected chi connectivity index (χ0v) is 14.3. The molecule has 0 saturated carbocycles. The Balaban J connectivity index is 2.68. The lowest BCUT2D eigenvalue weighted by Crippen LogP contribution is -2.34. The van der Waals surface area contributed by atoms with Crippen LogP contribution in [0.2, 0.25) is 0 Å². The minimum absolute atomic E-state index is 0.0142. The molecule has 0 spiro atoms. The van der Waals surface area contributed by atoms with Crippen molar-refractivity contribution in [3.8, 4) is 0 Å². The van der Waals surface area contributed by atoms with Crippen molar-refractivity contribution in [3.05, 3.63) is 46.0 Å². The van der Waals surface area contributed by atoms with Gasteiger partial charge in [0, 0.05) is 38.4 Å². The molecule has 8 nitrogen and oxygen atoms in total. The molecule has 1 amide bonds. The average Bonchev–Trinajstić information content (AvgIpc) is 2.60. The molecule has 25 heavy (non-hydrogen) atoms. The maximum Gasteiger partial charge on any atom is 0.307 e. The molecule has 0 N–H and O–H groups in total. The van der Waals surface area contributed by atoms with E-state index in [-0.39, 0.29) is 30.5 Å². The summed E-state index contributed by atoms with van der Waals surface area (Å²) in [7, 11) is 1.53. The highest BCUT2D eigenvalue weighted by molar-refractivity contribution is 5.92. The van der Waals surface area contributed by atoms with Gasteiger partial charge in [-0.1, -0.05) is 0 Å². The number of carbonyl (C=O) groups excluding carboxylic acids is 2. The van der Waals surface area contributed by atoms with Gasteiger partial charge in [0.05, 0.1) is 24.6 Å². The fourth-order valence-corrected chi connectivity index (χ4v) is 1.97. The van der Waals surface area contributed by atoms with Crippen LogP contribution < -0.4 is 0 Å². The van der Waals surface area contributed by atoms with Crippen LogP contribution in [0.25, 0.3) is 6.08 Å². The van der Waals surface area contributed by atoms with Crippen LogP contribution in [0.3, 0.4) is 0 Å². The van der Waals surface area contributed by atoms with Gasteiger partial charge < -0.3 is 14.4 Å². The number of esters is 1. The van der Waals surface area contributed by atoms with Crippen molar-refractivity contribution < 1.29 is 24.0 Å². The number of hydrogen-bond donors (Lipinski definition) is 0. The molecule has 1 aromatic rings. The van der Waals surface area contributed by atoms with E-state index in [2.05, 4.69) is 0 Å². The lowest BCUT2D eigenvalue weighted by atomic mass is 10.2. The summed E-state index contributed by atoms with van der Waals surface area (Å²) in [6.07, 6.45) is 3.03. The van der Waals surface area contributed by atoms with E-state index in [1.807, 2.05) is 0 Å². The van der Waals surface area contributed by atoms with E-state index >= 15 is 0 Å². The summed E-state index contributed by atoms with van der Waals surface area (Å²) in [5.74, 6) is -0.642. The van der Waals surface area contributed by atoms with E-state index in [9.17, 15) is 19.7 Å². The molecule has 8 heteroatoms. The van der Waals surface area contributed by atoms with Crippen molar-refractivity contribution in [1.82, 2.24) is 4.90 Å². The molecular weight excluding hydrogens is 328 g/mol. The highest BCUT2D eigenvalue weighted by atomic mass is 16.6. The number of amides is 1. The summed E-state index contributed by atoms with van der Waals surface area (Å²) < 4.78 is 9.83. The third kappa shape index (κ3) is 7.58. The van der Waals surface area contributed by atoms with E-state index in [0.717, 1.165) is 0 Å². The first-order valence-corrected chi connectivity index (χ1v) is 7.84. The van der Waals surface area contributed by atoms with Crippen LogP contribution >= 0.6 is 0 Å². The smallest absolute Gasteiger partial charge is 0.307 e. The first-order valence-electron chi connectivity index (χ1n) is 7.84. The van der Waals surface area contributed by atoms with Crippen molar-refractivity contribution in [2.45, 2.75) is 13.3 Å². The van der Waals surface area contributed by atoms with Gasteiger partial charge in [0.2, 0.25) is 5.91 Å². The first kappa shape index (κ1) is 20.3. The largest absolute Gasteiger partial charge is 0.466 e. The van der Waals surface area contributed by atoms with Gasteiger partial charge in [-0.05, 0) is 30.7 Å². The second-order valence-corrected chi connectivity index (χ2v) is 5.06. The quantitative estimate of drug-likeness (QED) is 0.277. The predicted octanol–water partition coefficient (Wildman–Crippen LogP) is 2.04. The SMILES string of the molecule is CCOC(=O)CCN(CCOC)C(=O)/C=C/c1ccc([N+](=O)[O-])cc1. The Morgan fingerprint density at radius 1 is 1.24 bits per heavy atom. The first-order chi connectivity index (χ1) is 12.0. The Kier molecular flexibility index (Phi) is 8.87. The second-order valence-electron chi connectivity index (χ2n) is 5.06. The molecule has 0 fully saturated rings. The summed E-state index contributed by atoms with van der Waals surface area (Å²) in [6, 6.07) is 5.85. The number of nitro groups is 1. The molecule has 0 atom stereocenters. The number of rotatable bonds is 10. The molecule has 0 aliphatic carbocycles. The molecule has 1 rings (SSSR count). The van der Waals surface area contributed by atoms with Gasteiger partial charge in [0.25, 0.3) is 5.69 Å². The molecular formula is C17H22N2O6. The number of nitro benzene ring substituents is 1. The van der Waals surface area contributed by atoms with Crippen molar-refractivity contribution in [2.24, 2.45) is 0 Å². The average molecular weight is 350 g/mol. The van der Waals surface area contributed by atoms with Crippen LogP contribution in [-0.2, 0) is 19.1 Å². The molecule has 0 saturated heterocycles. The van der Waals surface area contributed by atoms with Crippen LogP contribution in [-0.4, -0.2) is 55.1 Å². The minimum atomic E-state index is -0.486. The van der Waals surface area contributed by atoms with E-state index < -0.39 is 4.92 Å². The van der Waals surface area contributed by atoms with E-state index in [1.54, 1.807) is 25.1 Å². The summed E-state index contributed by atoms with van der Waals surface area (Å²) >= 11 is 0. The lowest BCUT2D eigenvalue weighted by molar-refractivity contribution is -0.384. The molecule has 0 heterocycles. The molecule has 0 unspecified atom stereocenters. The summed E-state index contributed by atoms with van der Waals surface area (Å²) in [5.41, 5.74) is 0.649. The van der Waals surface area contributed by atoms with Crippen molar-refractivity contribution in [3.63, 3.8) is 0 Å². The van der Waals surface area contributed by atoms with E-state index in [0.29, 0.717) is 25.3 Å². The van der Waals surface area contributed by atoms with Crippen LogP contribution in [0.5, 0.6) is 0 Å². The Labute approximate surface area is 146 Å². The number of benzene rings is 1. The maximum absolute atomic E-state index is 12.3.